The summed E-state index contributed by atoms with van der Waals surface area (Å²) in [4.78, 5) is 0. The minimum absolute atomic E-state index is 0.0735. The maximum atomic E-state index is 11.8. The van der Waals surface area contributed by atoms with E-state index < -0.39 is 5.60 Å². The average Bonchev–Trinajstić information content (AvgIpc) is 2.64. The second kappa shape index (κ2) is 4.57. The molecule has 1 aliphatic carbocycles. The van der Waals surface area contributed by atoms with Gasteiger partial charge in [0.05, 0.1) is 5.60 Å². The lowest BCUT2D eigenvalue weighted by atomic mass is 9.65. The van der Waals surface area contributed by atoms with Gasteiger partial charge in [-0.05, 0) is 74.4 Å². The van der Waals surface area contributed by atoms with Gasteiger partial charge in [-0.1, -0.05) is 26.0 Å². The third-order valence-corrected chi connectivity index (χ3v) is 5.80. The van der Waals surface area contributed by atoms with Crippen molar-refractivity contribution in [1.82, 2.24) is 5.32 Å². The summed E-state index contributed by atoms with van der Waals surface area (Å²) in [6.07, 6.45) is 3.14. The van der Waals surface area contributed by atoms with Crippen molar-refractivity contribution in [1.29, 1.82) is 0 Å². The molecule has 1 aromatic carbocycles. The Morgan fingerprint density at radius 1 is 1.15 bits per heavy atom. The lowest BCUT2D eigenvalue weighted by molar-refractivity contribution is -0.116. The molecule has 1 heterocycles. The van der Waals surface area contributed by atoms with Crippen molar-refractivity contribution in [3.05, 3.63) is 34.4 Å². The highest BCUT2D eigenvalue weighted by atomic mass is 16.3. The van der Waals surface area contributed by atoms with Crippen molar-refractivity contribution in [3.63, 3.8) is 0 Å². The first kappa shape index (κ1) is 14.1. The number of rotatable bonds is 1. The molecule has 1 atom stereocenters. The zero-order valence-corrected chi connectivity index (χ0v) is 13.2. The highest BCUT2D eigenvalue weighted by molar-refractivity contribution is 5.49. The summed E-state index contributed by atoms with van der Waals surface area (Å²) in [5.74, 6) is 0.375. The van der Waals surface area contributed by atoms with Gasteiger partial charge in [0.25, 0.3) is 0 Å². The zero-order valence-electron chi connectivity index (χ0n) is 13.2. The Kier molecular flexibility index (Phi) is 3.22. The Morgan fingerprint density at radius 2 is 1.80 bits per heavy atom. The third-order valence-electron chi connectivity index (χ3n) is 5.80. The van der Waals surface area contributed by atoms with Crippen LogP contribution in [0, 0.1) is 25.2 Å². The molecule has 20 heavy (non-hydrogen) atoms. The summed E-state index contributed by atoms with van der Waals surface area (Å²) in [5, 5.41) is 15.2. The fourth-order valence-corrected chi connectivity index (χ4v) is 4.50. The van der Waals surface area contributed by atoms with Gasteiger partial charge in [-0.3, -0.25) is 0 Å². The monoisotopic (exact) mass is 273 g/mol. The zero-order chi connectivity index (χ0) is 14.5. The van der Waals surface area contributed by atoms with Crippen LogP contribution in [-0.2, 0) is 12.0 Å². The van der Waals surface area contributed by atoms with Crippen molar-refractivity contribution >= 4 is 0 Å². The first-order chi connectivity index (χ1) is 9.38. The Morgan fingerprint density at radius 3 is 2.45 bits per heavy atom. The van der Waals surface area contributed by atoms with Gasteiger partial charge in [0.15, 0.2) is 0 Å². The van der Waals surface area contributed by atoms with Gasteiger partial charge in [0.2, 0.25) is 0 Å². The maximum absolute atomic E-state index is 11.8. The van der Waals surface area contributed by atoms with Crippen molar-refractivity contribution in [2.75, 3.05) is 13.1 Å². The van der Waals surface area contributed by atoms with Gasteiger partial charge < -0.3 is 10.4 Å². The summed E-state index contributed by atoms with van der Waals surface area (Å²) in [5.41, 5.74) is 4.47. The summed E-state index contributed by atoms with van der Waals surface area (Å²) in [6, 6.07) is 4.44. The molecule has 2 aliphatic rings. The van der Waals surface area contributed by atoms with E-state index in [0.717, 1.165) is 32.4 Å². The Bertz CT molecular complexity index is 528. The highest BCUT2D eigenvalue weighted by Crippen LogP contribution is 2.56. The maximum Gasteiger partial charge on any atom is 0.0984 e. The smallest absolute Gasteiger partial charge is 0.0984 e. The van der Waals surface area contributed by atoms with Crippen LogP contribution in [0.25, 0.3) is 0 Å². The van der Waals surface area contributed by atoms with Crippen molar-refractivity contribution in [2.45, 2.75) is 52.6 Å². The van der Waals surface area contributed by atoms with E-state index in [-0.39, 0.29) is 5.41 Å². The Hall–Kier alpha value is -0.860. The second-order valence-corrected chi connectivity index (χ2v) is 7.39. The molecule has 0 spiro atoms. The topological polar surface area (TPSA) is 32.3 Å². The van der Waals surface area contributed by atoms with E-state index in [1.807, 2.05) is 0 Å². The number of aryl methyl sites for hydroxylation is 1. The van der Waals surface area contributed by atoms with Gasteiger partial charge in [-0.25, -0.2) is 0 Å². The van der Waals surface area contributed by atoms with Gasteiger partial charge in [-0.2, -0.15) is 0 Å². The van der Waals surface area contributed by atoms with Crippen LogP contribution < -0.4 is 5.32 Å². The van der Waals surface area contributed by atoms with Crippen molar-refractivity contribution in [2.24, 2.45) is 11.3 Å². The molecule has 2 N–H and O–H groups in total. The van der Waals surface area contributed by atoms with E-state index in [1.54, 1.807) is 0 Å². The molecule has 2 nitrogen and oxygen atoms in total. The number of hydrogen-bond donors (Lipinski definition) is 2. The van der Waals surface area contributed by atoms with E-state index in [9.17, 15) is 5.11 Å². The normalized spacial score (nSPS) is 29.4. The van der Waals surface area contributed by atoms with Crippen LogP contribution in [-0.4, -0.2) is 18.2 Å². The lowest BCUT2D eigenvalue weighted by Gasteiger charge is -2.46. The van der Waals surface area contributed by atoms with Gasteiger partial charge in [0.1, 0.15) is 0 Å². The number of aliphatic hydroxyl groups is 1. The van der Waals surface area contributed by atoms with Crippen LogP contribution in [0.4, 0.5) is 0 Å². The minimum atomic E-state index is -0.666. The van der Waals surface area contributed by atoms with Gasteiger partial charge in [-0.15, -0.1) is 0 Å². The Labute approximate surface area is 122 Å². The molecule has 1 unspecified atom stereocenters. The van der Waals surface area contributed by atoms with Gasteiger partial charge in [0, 0.05) is 5.41 Å². The fraction of sp³-hybridized carbons (Fsp3) is 0.667. The van der Waals surface area contributed by atoms with E-state index in [0.29, 0.717) is 5.92 Å². The van der Waals surface area contributed by atoms with E-state index in [2.05, 4.69) is 45.1 Å². The molecule has 1 fully saturated rings. The van der Waals surface area contributed by atoms with Crippen LogP contribution in [0.1, 0.15) is 48.9 Å². The van der Waals surface area contributed by atoms with Crippen molar-refractivity contribution in [3.8, 4) is 0 Å². The highest BCUT2D eigenvalue weighted by Gasteiger charge is 2.56. The summed E-state index contributed by atoms with van der Waals surface area (Å²) < 4.78 is 0. The fourth-order valence-electron chi connectivity index (χ4n) is 4.50. The molecule has 2 heteroatoms. The third kappa shape index (κ3) is 1.78. The van der Waals surface area contributed by atoms with Crippen LogP contribution >= 0.6 is 0 Å². The standard InChI is InChI=1S/C18H27NO/c1-12-5-6-14-11-17(3,4)18(20,16(14)13(12)2)15-7-9-19-10-8-15/h5-6,15,19-20H,7-11H2,1-4H3. The summed E-state index contributed by atoms with van der Waals surface area (Å²) in [7, 11) is 0. The molecule has 0 saturated carbocycles. The first-order valence-electron chi connectivity index (χ1n) is 7.90. The largest absolute Gasteiger partial charge is 0.384 e. The number of piperidine rings is 1. The van der Waals surface area contributed by atoms with Crippen molar-refractivity contribution < 1.29 is 5.11 Å². The van der Waals surface area contributed by atoms with Crippen LogP contribution in [0.5, 0.6) is 0 Å². The summed E-state index contributed by atoms with van der Waals surface area (Å²) in [6.45, 7) is 10.9. The first-order valence-corrected chi connectivity index (χ1v) is 7.90. The molecule has 0 bridgehead atoms. The molecule has 0 radical (unpaired) electrons. The second-order valence-electron chi connectivity index (χ2n) is 7.39. The summed E-state index contributed by atoms with van der Waals surface area (Å²) >= 11 is 0. The molecule has 1 saturated heterocycles. The van der Waals surface area contributed by atoms with Gasteiger partial charge >= 0.3 is 0 Å². The number of fused-ring (bicyclic) bond motifs is 1. The van der Waals surface area contributed by atoms with Crippen LogP contribution in [0.15, 0.2) is 12.1 Å². The quantitative estimate of drug-likeness (QED) is 0.824. The van der Waals surface area contributed by atoms with E-state index in [4.69, 9.17) is 0 Å². The molecule has 3 rings (SSSR count). The number of hydrogen-bond acceptors (Lipinski definition) is 2. The molecular formula is C18H27NO. The van der Waals surface area contributed by atoms with Crippen LogP contribution in [0.2, 0.25) is 0 Å². The SMILES string of the molecule is Cc1ccc2c(c1C)C(O)(C1CCNCC1)C(C)(C)C2. The Balaban J connectivity index is 2.16. The predicted octanol–water partition coefficient (Wildman–Crippen LogP) is 3.07. The predicted molar refractivity (Wildman–Crippen MR) is 82.9 cm³/mol. The van der Waals surface area contributed by atoms with E-state index in [1.165, 1.54) is 22.3 Å². The molecule has 1 aliphatic heterocycles. The molecule has 110 valence electrons. The molecule has 0 aromatic heterocycles. The van der Waals surface area contributed by atoms with E-state index >= 15 is 0 Å². The number of nitrogens with one attached hydrogen (secondary N) is 1. The number of benzene rings is 1. The molecular weight excluding hydrogens is 246 g/mol. The lowest BCUT2D eigenvalue weighted by Crippen LogP contribution is -2.49. The minimum Gasteiger partial charge on any atom is -0.384 e. The molecule has 1 aromatic rings. The average molecular weight is 273 g/mol. The molecule has 0 amide bonds. The van der Waals surface area contributed by atoms with Crippen LogP contribution in [0.3, 0.4) is 0 Å².